The van der Waals surface area contributed by atoms with Gasteiger partial charge in [0, 0.05) is 37.1 Å². The van der Waals surface area contributed by atoms with Gasteiger partial charge in [0.1, 0.15) is 0 Å². The number of hydrogen-bond acceptors (Lipinski definition) is 8. The lowest BCUT2D eigenvalue weighted by Crippen LogP contribution is -2.43. The summed E-state index contributed by atoms with van der Waals surface area (Å²) in [6, 6.07) is 1.97. The van der Waals surface area contributed by atoms with E-state index in [9.17, 15) is 5.11 Å². The SMILES string of the molecule is CN(Cc1nc(-c2ccsc2)no1)CC(O)CN1CCOCC1. The molecule has 1 aliphatic rings. The highest BCUT2D eigenvalue weighted by molar-refractivity contribution is 7.08. The minimum atomic E-state index is -0.405. The molecule has 0 radical (unpaired) electrons. The van der Waals surface area contributed by atoms with Crippen LogP contribution in [0.15, 0.2) is 21.3 Å². The maximum atomic E-state index is 10.2. The number of aliphatic hydroxyl groups is 1. The van der Waals surface area contributed by atoms with E-state index in [-0.39, 0.29) is 0 Å². The fourth-order valence-corrected chi connectivity index (χ4v) is 3.26. The zero-order valence-electron chi connectivity index (χ0n) is 13.2. The van der Waals surface area contributed by atoms with Crippen molar-refractivity contribution in [3.63, 3.8) is 0 Å². The molecule has 0 aliphatic carbocycles. The summed E-state index contributed by atoms with van der Waals surface area (Å²) < 4.78 is 10.6. The first-order valence-corrected chi connectivity index (χ1v) is 8.67. The molecule has 1 atom stereocenters. The van der Waals surface area contributed by atoms with E-state index in [0.717, 1.165) is 31.9 Å². The molecule has 1 saturated heterocycles. The summed E-state index contributed by atoms with van der Waals surface area (Å²) in [6.45, 7) is 5.01. The molecule has 1 unspecified atom stereocenters. The second kappa shape index (κ2) is 7.98. The van der Waals surface area contributed by atoms with Crippen LogP contribution in [0.1, 0.15) is 5.89 Å². The van der Waals surface area contributed by atoms with Crippen LogP contribution in [0.25, 0.3) is 11.4 Å². The third-order valence-electron chi connectivity index (χ3n) is 3.75. The molecule has 3 rings (SSSR count). The molecule has 0 aromatic carbocycles. The molecule has 3 heterocycles. The van der Waals surface area contributed by atoms with E-state index in [1.165, 1.54) is 0 Å². The van der Waals surface area contributed by atoms with Crippen molar-refractivity contribution >= 4 is 11.3 Å². The number of likely N-dealkylation sites (N-methyl/N-ethyl adjacent to an activating group) is 1. The van der Waals surface area contributed by atoms with Gasteiger partial charge in [-0.3, -0.25) is 9.80 Å². The number of rotatable bonds is 7. The Hall–Kier alpha value is -1.32. The van der Waals surface area contributed by atoms with E-state index in [2.05, 4.69) is 15.0 Å². The fourth-order valence-electron chi connectivity index (χ4n) is 2.62. The lowest BCUT2D eigenvalue weighted by molar-refractivity contribution is 0.00773. The summed E-state index contributed by atoms with van der Waals surface area (Å²) in [6.07, 6.45) is -0.405. The summed E-state index contributed by atoms with van der Waals surface area (Å²) in [4.78, 5) is 8.62. The van der Waals surface area contributed by atoms with Crippen molar-refractivity contribution in [2.75, 3.05) is 46.4 Å². The smallest absolute Gasteiger partial charge is 0.241 e. The zero-order chi connectivity index (χ0) is 16.1. The third-order valence-corrected chi connectivity index (χ3v) is 4.43. The molecule has 126 valence electrons. The molecular weight excluding hydrogens is 316 g/mol. The standard InChI is InChI=1S/C15H22N4O3S/c1-18(8-13(20)9-19-3-5-21-6-4-19)10-14-16-15(17-22-14)12-2-7-23-11-12/h2,7,11,13,20H,3-6,8-10H2,1H3. The van der Waals surface area contributed by atoms with Crippen molar-refractivity contribution in [2.24, 2.45) is 0 Å². The lowest BCUT2D eigenvalue weighted by atomic mass is 10.3. The Morgan fingerprint density at radius 3 is 3.00 bits per heavy atom. The van der Waals surface area contributed by atoms with Crippen molar-refractivity contribution in [3.8, 4) is 11.4 Å². The molecule has 0 bridgehead atoms. The van der Waals surface area contributed by atoms with E-state index in [1.54, 1.807) is 11.3 Å². The van der Waals surface area contributed by atoms with Crippen molar-refractivity contribution in [1.29, 1.82) is 0 Å². The first-order valence-electron chi connectivity index (χ1n) is 7.72. The molecule has 23 heavy (non-hydrogen) atoms. The normalized spacial score (nSPS) is 17.7. The number of morpholine rings is 1. The second-order valence-corrected chi connectivity index (χ2v) is 6.57. The van der Waals surface area contributed by atoms with Gasteiger partial charge in [0.15, 0.2) is 0 Å². The van der Waals surface area contributed by atoms with Crippen molar-refractivity contribution in [1.82, 2.24) is 19.9 Å². The van der Waals surface area contributed by atoms with Gasteiger partial charge in [0.25, 0.3) is 0 Å². The number of β-amino-alcohol motifs (C(OH)–C–C–N with tert-alkyl or cyclic N) is 1. The molecule has 0 saturated carbocycles. The van der Waals surface area contributed by atoms with Gasteiger partial charge >= 0.3 is 0 Å². The highest BCUT2D eigenvalue weighted by Crippen LogP contribution is 2.19. The van der Waals surface area contributed by atoms with E-state index in [1.807, 2.05) is 28.8 Å². The maximum Gasteiger partial charge on any atom is 0.241 e. The van der Waals surface area contributed by atoms with Crippen LogP contribution in [0, 0.1) is 0 Å². The van der Waals surface area contributed by atoms with E-state index in [0.29, 0.717) is 31.3 Å². The number of nitrogens with zero attached hydrogens (tertiary/aromatic N) is 4. The van der Waals surface area contributed by atoms with Crippen LogP contribution in [0.2, 0.25) is 0 Å². The van der Waals surface area contributed by atoms with Crippen LogP contribution in [0.4, 0.5) is 0 Å². The average molecular weight is 338 g/mol. The fraction of sp³-hybridized carbons (Fsp3) is 0.600. The highest BCUT2D eigenvalue weighted by Gasteiger charge is 2.17. The number of thiophene rings is 1. The molecule has 1 aliphatic heterocycles. The van der Waals surface area contributed by atoms with Crippen molar-refractivity contribution < 1.29 is 14.4 Å². The average Bonchev–Trinajstić information content (AvgIpc) is 3.18. The molecule has 8 heteroatoms. The first kappa shape index (κ1) is 16.5. The zero-order valence-corrected chi connectivity index (χ0v) is 14.0. The molecule has 1 fully saturated rings. The summed E-state index contributed by atoms with van der Waals surface area (Å²) in [7, 11) is 1.94. The molecule has 7 nitrogen and oxygen atoms in total. The summed E-state index contributed by atoms with van der Waals surface area (Å²) in [5.74, 6) is 1.18. The Balaban J connectivity index is 1.46. The first-order chi connectivity index (χ1) is 11.2. The van der Waals surface area contributed by atoms with Crippen LogP contribution in [0.5, 0.6) is 0 Å². The van der Waals surface area contributed by atoms with Gasteiger partial charge in [-0.05, 0) is 18.5 Å². The number of aliphatic hydroxyl groups excluding tert-OH is 1. The second-order valence-electron chi connectivity index (χ2n) is 5.79. The van der Waals surface area contributed by atoms with E-state index in [4.69, 9.17) is 9.26 Å². The Kier molecular flexibility index (Phi) is 5.74. The van der Waals surface area contributed by atoms with Crippen LogP contribution in [-0.2, 0) is 11.3 Å². The van der Waals surface area contributed by atoms with Crippen molar-refractivity contribution in [2.45, 2.75) is 12.6 Å². The Morgan fingerprint density at radius 1 is 1.43 bits per heavy atom. The summed E-state index contributed by atoms with van der Waals surface area (Å²) in [5, 5.41) is 18.2. The van der Waals surface area contributed by atoms with E-state index < -0.39 is 6.10 Å². The maximum absolute atomic E-state index is 10.2. The topological polar surface area (TPSA) is 74.9 Å². The largest absolute Gasteiger partial charge is 0.390 e. The molecule has 2 aromatic rings. The monoisotopic (exact) mass is 338 g/mol. The van der Waals surface area contributed by atoms with Crippen molar-refractivity contribution in [3.05, 3.63) is 22.7 Å². The van der Waals surface area contributed by atoms with E-state index >= 15 is 0 Å². The molecular formula is C15H22N4O3S. The van der Waals surface area contributed by atoms with Gasteiger partial charge in [0.2, 0.25) is 11.7 Å². The van der Waals surface area contributed by atoms with Crippen LogP contribution < -0.4 is 0 Å². The van der Waals surface area contributed by atoms with Gasteiger partial charge in [-0.1, -0.05) is 5.16 Å². The quantitative estimate of drug-likeness (QED) is 0.805. The van der Waals surface area contributed by atoms with Gasteiger partial charge < -0.3 is 14.4 Å². The minimum absolute atomic E-state index is 0.405. The van der Waals surface area contributed by atoms with Gasteiger partial charge in [-0.25, -0.2) is 0 Å². The van der Waals surface area contributed by atoms with Gasteiger partial charge in [-0.15, -0.1) is 0 Å². The lowest BCUT2D eigenvalue weighted by Gasteiger charge is -2.29. The molecule has 1 N–H and O–H groups in total. The number of ether oxygens (including phenoxy) is 1. The number of hydrogen-bond donors (Lipinski definition) is 1. The predicted octanol–water partition coefficient (Wildman–Crippen LogP) is 0.923. The van der Waals surface area contributed by atoms with Crippen LogP contribution in [-0.4, -0.2) is 77.6 Å². The number of aromatic nitrogens is 2. The van der Waals surface area contributed by atoms with Crippen LogP contribution in [0.3, 0.4) is 0 Å². The molecule has 0 amide bonds. The predicted molar refractivity (Wildman–Crippen MR) is 87.2 cm³/mol. The van der Waals surface area contributed by atoms with Crippen LogP contribution >= 0.6 is 11.3 Å². The summed E-state index contributed by atoms with van der Waals surface area (Å²) in [5.41, 5.74) is 0.972. The minimum Gasteiger partial charge on any atom is -0.390 e. The highest BCUT2D eigenvalue weighted by atomic mass is 32.1. The Morgan fingerprint density at radius 2 is 2.26 bits per heavy atom. The Labute approximate surface area is 139 Å². The third kappa shape index (κ3) is 4.82. The Bertz CT molecular complexity index is 583. The van der Waals surface area contributed by atoms with Gasteiger partial charge in [-0.2, -0.15) is 16.3 Å². The molecule has 2 aromatic heterocycles. The van der Waals surface area contributed by atoms with Gasteiger partial charge in [0.05, 0.1) is 25.9 Å². The molecule has 0 spiro atoms. The summed E-state index contributed by atoms with van der Waals surface area (Å²) >= 11 is 1.60.